The minimum atomic E-state index is 0.867. The fourth-order valence-corrected chi connectivity index (χ4v) is 4.82. The molecule has 0 bridgehead atoms. The lowest BCUT2D eigenvalue weighted by atomic mass is 10.0. The van der Waals surface area contributed by atoms with Crippen molar-refractivity contribution in [1.29, 1.82) is 0 Å². The van der Waals surface area contributed by atoms with Crippen molar-refractivity contribution in [3.05, 3.63) is 77.4 Å². The number of aromatic nitrogens is 1. The van der Waals surface area contributed by atoms with Crippen LogP contribution in [0.4, 0.5) is 23.0 Å². The van der Waals surface area contributed by atoms with Crippen molar-refractivity contribution < 1.29 is 0 Å². The highest BCUT2D eigenvalue weighted by Crippen LogP contribution is 2.23. The summed E-state index contributed by atoms with van der Waals surface area (Å²) in [4.78, 5) is 4.82. The van der Waals surface area contributed by atoms with E-state index in [-0.39, 0.29) is 0 Å². The number of benzene rings is 2. The zero-order valence-corrected chi connectivity index (χ0v) is 23.6. The number of anilines is 4. The van der Waals surface area contributed by atoms with Crippen LogP contribution in [-0.4, -0.2) is 4.98 Å². The standard InChI is InChI=1S/C34H49N3/c1-4-6-8-10-12-14-16-29-18-22-31(23-19-29)35-33-26-28(3)27-34(37-33)36-32-24-20-30(21-25-32)17-15-13-11-9-7-5-2/h18-27H,4-17H2,1-3H3,(H2,35,36,37). The molecule has 0 fully saturated rings. The molecule has 3 rings (SSSR count). The van der Waals surface area contributed by atoms with E-state index in [1.807, 2.05) is 0 Å². The normalized spacial score (nSPS) is 11.0. The van der Waals surface area contributed by atoms with Gasteiger partial charge in [0.1, 0.15) is 11.6 Å². The quantitative estimate of drug-likeness (QED) is 0.171. The molecule has 3 heteroatoms. The monoisotopic (exact) mass is 499 g/mol. The topological polar surface area (TPSA) is 37.0 Å². The number of nitrogens with one attached hydrogen (secondary N) is 2. The molecule has 0 unspecified atom stereocenters. The van der Waals surface area contributed by atoms with Gasteiger partial charge in [-0.15, -0.1) is 0 Å². The van der Waals surface area contributed by atoms with Gasteiger partial charge in [0.05, 0.1) is 0 Å². The van der Waals surface area contributed by atoms with Crippen LogP contribution < -0.4 is 10.6 Å². The molecule has 3 aromatic rings. The summed E-state index contributed by atoms with van der Waals surface area (Å²) >= 11 is 0. The maximum atomic E-state index is 4.82. The van der Waals surface area contributed by atoms with Gasteiger partial charge in [-0.25, -0.2) is 4.98 Å². The van der Waals surface area contributed by atoms with Gasteiger partial charge in [0.25, 0.3) is 0 Å². The van der Waals surface area contributed by atoms with Gasteiger partial charge in [-0.05, 0) is 85.7 Å². The van der Waals surface area contributed by atoms with Crippen molar-refractivity contribution in [3.8, 4) is 0 Å². The molecular weight excluding hydrogens is 450 g/mol. The predicted octanol–water partition coefficient (Wildman–Crippen LogP) is 10.7. The Kier molecular flexibility index (Phi) is 13.1. The second-order valence-corrected chi connectivity index (χ2v) is 10.6. The van der Waals surface area contributed by atoms with Crippen molar-refractivity contribution >= 4 is 23.0 Å². The van der Waals surface area contributed by atoms with Gasteiger partial charge >= 0.3 is 0 Å². The molecule has 2 N–H and O–H groups in total. The highest BCUT2D eigenvalue weighted by molar-refractivity contribution is 5.63. The first-order valence-electron chi connectivity index (χ1n) is 14.9. The molecule has 0 aliphatic heterocycles. The second-order valence-electron chi connectivity index (χ2n) is 10.6. The SMILES string of the molecule is CCCCCCCCc1ccc(Nc2cc(C)cc(Nc3ccc(CCCCCCCC)cc3)n2)cc1. The first-order valence-corrected chi connectivity index (χ1v) is 14.9. The summed E-state index contributed by atoms with van der Waals surface area (Å²) in [5.74, 6) is 1.73. The average Bonchev–Trinajstić information content (AvgIpc) is 2.90. The molecule has 0 radical (unpaired) electrons. The summed E-state index contributed by atoms with van der Waals surface area (Å²) < 4.78 is 0. The van der Waals surface area contributed by atoms with Crippen LogP contribution in [0.3, 0.4) is 0 Å². The van der Waals surface area contributed by atoms with Crippen LogP contribution in [0, 0.1) is 6.92 Å². The molecule has 2 aromatic carbocycles. The summed E-state index contributed by atoms with van der Waals surface area (Å²) in [6.45, 7) is 6.66. The van der Waals surface area contributed by atoms with E-state index in [1.54, 1.807) is 0 Å². The van der Waals surface area contributed by atoms with E-state index in [0.717, 1.165) is 23.0 Å². The maximum absolute atomic E-state index is 4.82. The summed E-state index contributed by atoms with van der Waals surface area (Å²) in [5.41, 5.74) is 6.17. The van der Waals surface area contributed by atoms with Gasteiger partial charge in [0.2, 0.25) is 0 Å². The van der Waals surface area contributed by atoms with Gasteiger partial charge in [-0.1, -0.05) is 102 Å². The molecule has 0 aliphatic rings. The molecule has 0 spiro atoms. The van der Waals surface area contributed by atoms with E-state index < -0.39 is 0 Å². The van der Waals surface area contributed by atoms with Crippen LogP contribution in [0.5, 0.6) is 0 Å². The van der Waals surface area contributed by atoms with E-state index in [4.69, 9.17) is 4.98 Å². The van der Waals surface area contributed by atoms with Crippen LogP contribution >= 0.6 is 0 Å². The first kappa shape index (κ1) is 28.8. The van der Waals surface area contributed by atoms with Crippen molar-refractivity contribution in [3.63, 3.8) is 0 Å². The van der Waals surface area contributed by atoms with Gasteiger partial charge in [-0.2, -0.15) is 0 Å². The number of rotatable bonds is 18. The fraction of sp³-hybridized carbons (Fsp3) is 0.500. The summed E-state index contributed by atoms with van der Waals surface area (Å²) in [5, 5.41) is 6.98. The van der Waals surface area contributed by atoms with Gasteiger partial charge in [-0.3, -0.25) is 0 Å². The van der Waals surface area contributed by atoms with Crippen LogP contribution in [0.15, 0.2) is 60.7 Å². The van der Waals surface area contributed by atoms with E-state index in [9.17, 15) is 0 Å². The van der Waals surface area contributed by atoms with Gasteiger partial charge in [0, 0.05) is 11.4 Å². The Bertz CT molecular complexity index is 928. The van der Waals surface area contributed by atoms with E-state index in [2.05, 4.69) is 92.1 Å². The number of pyridine rings is 1. The Hall–Kier alpha value is -2.81. The number of aryl methyl sites for hydroxylation is 3. The molecule has 1 heterocycles. The smallest absolute Gasteiger partial charge is 0.133 e. The summed E-state index contributed by atoms with van der Waals surface area (Å²) in [7, 11) is 0. The average molecular weight is 500 g/mol. The van der Waals surface area contributed by atoms with Crippen LogP contribution in [0.25, 0.3) is 0 Å². The Labute approximate surface area is 226 Å². The van der Waals surface area contributed by atoms with Crippen molar-refractivity contribution in [1.82, 2.24) is 4.98 Å². The highest BCUT2D eigenvalue weighted by atomic mass is 15.1. The third-order valence-electron chi connectivity index (χ3n) is 7.06. The maximum Gasteiger partial charge on any atom is 0.133 e. The number of nitrogens with zero attached hydrogens (tertiary/aromatic N) is 1. The third-order valence-corrected chi connectivity index (χ3v) is 7.06. The molecular formula is C34H49N3. The van der Waals surface area contributed by atoms with E-state index in [0.29, 0.717) is 0 Å². The van der Waals surface area contributed by atoms with Crippen LogP contribution in [-0.2, 0) is 12.8 Å². The fourth-order valence-electron chi connectivity index (χ4n) is 4.82. The number of hydrogen-bond donors (Lipinski definition) is 2. The molecule has 0 amide bonds. The Morgan fingerprint density at radius 1 is 0.514 bits per heavy atom. The molecule has 3 nitrogen and oxygen atoms in total. The first-order chi connectivity index (χ1) is 18.2. The molecule has 37 heavy (non-hydrogen) atoms. The van der Waals surface area contributed by atoms with Crippen LogP contribution in [0.1, 0.15) is 108 Å². The lowest BCUT2D eigenvalue weighted by Crippen LogP contribution is -1.99. The molecule has 200 valence electrons. The second kappa shape index (κ2) is 16.8. The van der Waals surface area contributed by atoms with E-state index in [1.165, 1.54) is 107 Å². The Morgan fingerprint density at radius 3 is 1.30 bits per heavy atom. The predicted molar refractivity (Wildman–Crippen MR) is 163 cm³/mol. The largest absolute Gasteiger partial charge is 0.340 e. The molecule has 0 atom stereocenters. The van der Waals surface area contributed by atoms with Crippen molar-refractivity contribution in [2.45, 2.75) is 111 Å². The molecule has 0 aliphatic carbocycles. The summed E-state index contributed by atoms with van der Waals surface area (Å²) in [6, 6.07) is 21.9. The van der Waals surface area contributed by atoms with Gasteiger partial charge in [0.15, 0.2) is 0 Å². The zero-order valence-electron chi connectivity index (χ0n) is 23.6. The lowest BCUT2D eigenvalue weighted by molar-refractivity contribution is 0.607. The van der Waals surface area contributed by atoms with Gasteiger partial charge < -0.3 is 10.6 Å². The minimum Gasteiger partial charge on any atom is -0.340 e. The Morgan fingerprint density at radius 2 is 0.892 bits per heavy atom. The zero-order chi connectivity index (χ0) is 26.1. The number of hydrogen-bond acceptors (Lipinski definition) is 3. The lowest BCUT2D eigenvalue weighted by Gasteiger charge is -2.12. The molecule has 0 saturated heterocycles. The van der Waals surface area contributed by atoms with Crippen molar-refractivity contribution in [2.24, 2.45) is 0 Å². The minimum absolute atomic E-state index is 0.867. The molecule has 0 saturated carbocycles. The number of unbranched alkanes of at least 4 members (excludes halogenated alkanes) is 10. The molecule has 1 aromatic heterocycles. The van der Waals surface area contributed by atoms with Crippen LogP contribution in [0.2, 0.25) is 0 Å². The highest BCUT2D eigenvalue weighted by Gasteiger charge is 2.04. The Balaban J connectivity index is 1.47. The van der Waals surface area contributed by atoms with Crippen molar-refractivity contribution in [2.75, 3.05) is 10.6 Å². The van der Waals surface area contributed by atoms with E-state index >= 15 is 0 Å². The summed E-state index contributed by atoms with van der Waals surface area (Å²) in [6.07, 6.45) is 18.4. The third kappa shape index (κ3) is 11.4.